The highest BCUT2D eigenvalue weighted by Gasteiger charge is 2.28. The molecule has 8 heteroatoms. The molecule has 1 saturated carbocycles. The van der Waals surface area contributed by atoms with Gasteiger partial charge >= 0.3 is 0 Å². The number of thiazole rings is 1. The maximum absolute atomic E-state index is 12.1. The van der Waals surface area contributed by atoms with E-state index in [0.717, 1.165) is 12.8 Å². The number of sulfonamides is 1. The lowest BCUT2D eigenvalue weighted by molar-refractivity contribution is 0.102. The number of hydrogen-bond acceptors (Lipinski definition) is 5. The molecular formula is C13H13N3O3S2. The molecule has 1 aromatic heterocycles. The van der Waals surface area contributed by atoms with Gasteiger partial charge in [0.05, 0.1) is 10.4 Å². The van der Waals surface area contributed by atoms with Crippen molar-refractivity contribution in [1.29, 1.82) is 0 Å². The predicted octanol–water partition coefficient (Wildman–Crippen LogP) is 1.84. The fourth-order valence-corrected chi connectivity index (χ4v) is 3.63. The zero-order valence-corrected chi connectivity index (χ0v) is 12.6. The first-order chi connectivity index (χ1) is 10.0. The van der Waals surface area contributed by atoms with Crippen LogP contribution in [0.5, 0.6) is 0 Å². The van der Waals surface area contributed by atoms with Gasteiger partial charge in [0.1, 0.15) is 5.69 Å². The Balaban J connectivity index is 1.78. The molecule has 6 nitrogen and oxygen atoms in total. The van der Waals surface area contributed by atoms with Gasteiger partial charge in [0.2, 0.25) is 10.0 Å². The van der Waals surface area contributed by atoms with E-state index in [-0.39, 0.29) is 16.8 Å². The Bertz CT molecular complexity index is 753. The van der Waals surface area contributed by atoms with E-state index in [0.29, 0.717) is 11.4 Å². The van der Waals surface area contributed by atoms with Crippen LogP contribution in [-0.2, 0) is 10.0 Å². The van der Waals surface area contributed by atoms with Gasteiger partial charge in [0, 0.05) is 17.1 Å². The number of nitrogens with one attached hydrogen (secondary N) is 2. The van der Waals surface area contributed by atoms with Crippen molar-refractivity contribution >= 4 is 33.0 Å². The number of carbonyl (C=O) groups is 1. The number of hydrogen-bond donors (Lipinski definition) is 2. The van der Waals surface area contributed by atoms with Crippen molar-refractivity contribution < 1.29 is 13.2 Å². The minimum absolute atomic E-state index is 0.0447. The van der Waals surface area contributed by atoms with Crippen LogP contribution in [0, 0.1) is 0 Å². The van der Waals surface area contributed by atoms with Crippen LogP contribution in [0.25, 0.3) is 0 Å². The van der Waals surface area contributed by atoms with Crippen molar-refractivity contribution in [2.75, 3.05) is 5.32 Å². The van der Waals surface area contributed by atoms with E-state index in [9.17, 15) is 13.2 Å². The van der Waals surface area contributed by atoms with Crippen molar-refractivity contribution in [3.63, 3.8) is 0 Å². The van der Waals surface area contributed by atoms with Crippen LogP contribution in [-0.4, -0.2) is 25.4 Å². The molecule has 0 radical (unpaired) electrons. The van der Waals surface area contributed by atoms with Crippen LogP contribution in [0.2, 0.25) is 0 Å². The Hall–Kier alpha value is -1.77. The molecule has 1 aliphatic rings. The molecule has 1 aliphatic carbocycles. The zero-order chi connectivity index (χ0) is 14.9. The molecule has 110 valence electrons. The zero-order valence-electron chi connectivity index (χ0n) is 10.9. The fraction of sp³-hybridized carbons (Fsp3) is 0.231. The molecule has 0 atom stereocenters. The maximum Gasteiger partial charge on any atom is 0.275 e. The molecule has 21 heavy (non-hydrogen) atoms. The first-order valence-corrected chi connectivity index (χ1v) is 8.79. The maximum atomic E-state index is 12.1. The molecule has 2 aromatic rings. The monoisotopic (exact) mass is 323 g/mol. The highest BCUT2D eigenvalue weighted by molar-refractivity contribution is 7.89. The minimum atomic E-state index is -3.52. The summed E-state index contributed by atoms with van der Waals surface area (Å²) in [6.45, 7) is 0. The van der Waals surface area contributed by atoms with Gasteiger partial charge < -0.3 is 5.32 Å². The highest BCUT2D eigenvalue weighted by Crippen LogP contribution is 2.23. The lowest BCUT2D eigenvalue weighted by Crippen LogP contribution is -2.25. The average molecular weight is 323 g/mol. The topological polar surface area (TPSA) is 88.2 Å². The van der Waals surface area contributed by atoms with Gasteiger partial charge in [-0.15, -0.1) is 11.3 Å². The smallest absolute Gasteiger partial charge is 0.275 e. The fourth-order valence-electron chi connectivity index (χ4n) is 1.75. The van der Waals surface area contributed by atoms with Crippen LogP contribution < -0.4 is 10.0 Å². The number of anilines is 1. The first-order valence-electron chi connectivity index (χ1n) is 6.36. The summed E-state index contributed by atoms with van der Waals surface area (Å²) in [5.41, 5.74) is 2.30. The molecule has 3 rings (SSSR count). The molecule has 0 saturated heterocycles. The second-order valence-corrected chi connectivity index (χ2v) is 7.18. The van der Waals surface area contributed by atoms with Crippen molar-refractivity contribution in [3.05, 3.63) is 40.8 Å². The third-order valence-electron chi connectivity index (χ3n) is 2.97. The van der Waals surface area contributed by atoms with Crippen LogP contribution in [0.3, 0.4) is 0 Å². The number of aromatic nitrogens is 1. The van der Waals surface area contributed by atoms with Crippen LogP contribution in [0.15, 0.2) is 40.1 Å². The van der Waals surface area contributed by atoms with Crippen molar-refractivity contribution in [2.24, 2.45) is 0 Å². The van der Waals surface area contributed by atoms with Crippen molar-refractivity contribution in [3.8, 4) is 0 Å². The summed E-state index contributed by atoms with van der Waals surface area (Å²) in [6.07, 6.45) is 1.75. The molecule has 0 unspecified atom stereocenters. The number of benzene rings is 1. The summed E-state index contributed by atoms with van der Waals surface area (Å²) in [4.78, 5) is 15.9. The summed E-state index contributed by atoms with van der Waals surface area (Å²) in [5.74, 6) is -0.360. The largest absolute Gasteiger partial charge is 0.321 e. The lowest BCUT2D eigenvalue weighted by atomic mass is 10.3. The Morgan fingerprint density at radius 1 is 1.33 bits per heavy atom. The quantitative estimate of drug-likeness (QED) is 0.879. The lowest BCUT2D eigenvalue weighted by Gasteiger charge is -2.08. The molecule has 2 N–H and O–H groups in total. The van der Waals surface area contributed by atoms with Gasteiger partial charge in [0.15, 0.2) is 0 Å². The second kappa shape index (κ2) is 5.55. The van der Waals surface area contributed by atoms with Gasteiger partial charge in [-0.05, 0) is 31.0 Å². The summed E-state index contributed by atoms with van der Waals surface area (Å²) >= 11 is 1.32. The van der Waals surface area contributed by atoms with Crippen molar-refractivity contribution in [2.45, 2.75) is 23.8 Å². The molecular weight excluding hydrogens is 310 g/mol. The molecule has 1 heterocycles. The van der Waals surface area contributed by atoms with E-state index in [4.69, 9.17) is 0 Å². The van der Waals surface area contributed by atoms with Crippen LogP contribution in [0.4, 0.5) is 5.69 Å². The summed E-state index contributed by atoms with van der Waals surface area (Å²) in [6, 6.07) is 6.22. The third-order valence-corrected chi connectivity index (χ3v) is 5.07. The molecule has 0 aliphatic heterocycles. The summed E-state index contributed by atoms with van der Waals surface area (Å²) in [5, 5.41) is 4.27. The van der Waals surface area contributed by atoms with E-state index < -0.39 is 10.0 Å². The first kappa shape index (κ1) is 14.2. The Kier molecular flexibility index (Phi) is 3.75. The van der Waals surface area contributed by atoms with Gasteiger partial charge in [-0.3, -0.25) is 4.79 Å². The standard InChI is InChI=1S/C13H13N3O3S2/c17-13(12-7-20-8-14-12)15-10-2-1-3-11(6-10)21(18,19)16-9-4-5-9/h1-3,6-9,16H,4-5H2,(H,15,17). The highest BCUT2D eigenvalue weighted by atomic mass is 32.2. The second-order valence-electron chi connectivity index (χ2n) is 4.75. The Morgan fingerprint density at radius 3 is 2.81 bits per heavy atom. The van der Waals surface area contributed by atoms with Gasteiger partial charge in [-0.1, -0.05) is 6.07 Å². The number of amides is 1. The Morgan fingerprint density at radius 2 is 2.14 bits per heavy atom. The number of carbonyl (C=O) groups excluding carboxylic acids is 1. The molecule has 0 spiro atoms. The van der Waals surface area contributed by atoms with Gasteiger partial charge in [-0.2, -0.15) is 0 Å². The van der Waals surface area contributed by atoms with Crippen LogP contribution >= 0.6 is 11.3 Å². The van der Waals surface area contributed by atoms with E-state index in [1.807, 2.05) is 0 Å². The van der Waals surface area contributed by atoms with Crippen LogP contribution in [0.1, 0.15) is 23.3 Å². The van der Waals surface area contributed by atoms with E-state index in [1.54, 1.807) is 23.0 Å². The summed E-state index contributed by atoms with van der Waals surface area (Å²) < 4.78 is 26.8. The van der Waals surface area contributed by atoms with E-state index >= 15 is 0 Å². The third kappa shape index (κ3) is 3.46. The predicted molar refractivity (Wildman–Crippen MR) is 79.9 cm³/mol. The normalized spacial score (nSPS) is 14.9. The molecule has 1 aromatic carbocycles. The SMILES string of the molecule is O=C(Nc1cccc(S(=O)(=O)NC2CC2)c1)c1cscn1. The van der Waals surface area contributed by atoms with Gasteiger partial charge in [0.25, 0.3) is 5.91 Å². The average Bonchev–Trinajstić information content (AvgIpc) is 3.08. The van der Waals surface area contributed by atoms with Gasteiger partial charge in [-0.25, -0.2) is 18.1 Å². The molecule has 0 bridgehead atoms. The summed E-state index contributed by atoms with van der Waals surface area (Å²) in [7, 11) is -3.52. The van der Waals surface area contributed by atoms with Crippen molar-refractivity contribution in [1.82, 2.24) is 9.71 Å². The van der Waals surface area contributed by atoms with E-state index in [2.05, 4.69) is 15.0 Å². The van der Waals surface area contributed by atoms with E-state index in [1.165, 1.54) is 23.5 Å². The molecule has 1 fully saturated rings. The number of nitrogens with zero attached hydrogens (tertiary/aromatic N) is 1. The Labute approximate surface area is 126 Å². The minimum Gasteiger partial charge on any atom is -0.321 e. The number of rotatable bonds is 5. The molecule has 1 amide bonds.